The number of hydrogen-bond donors (Lipinski definition) is 1. The minimum atomic E-state index is 0.0390. The van der Waals surface area contributed by atoms with Crippen molar-refractivity contribution in [3.8, 4) is 0 Å². The van der Waals surface area contributed by atoms with Crippen molar-refractivity contribution in [1.82, 2.24) is 0 Å². The van der Waals surface area contributed by atoms with E-state index in [9.17, 15) is 0 Å². The Morgan fingerprint density at radius 3 is 2.75 bits per heavy atom. The first-order chi connectivity index (χ1) is 7.84. The molecule has 1 heterocycles. The molecule has 1 aliphatic carbocycles. The van der Waals surface area contributed by atoms with Crippen molar-refractivity contribution in [3.05, 3.63) is 57.3 Å². The molecule has 0 bridgehead atoms. The zero-order valence-electron chi connectivity index (χ0n) is 9.15. The summed E-state index contributed by atoms with van der Waals surface area (Å²) >= 11 is 1.71. The monoisotopic (exact) mass is 229 g/mol. The molecule has 1 nitrogen and oxygen atoms in total. The van der Waals surface area contributed by atoms with E-state index in [0.29, 0.717) is 0 Å². The predicted molar refractivity (Wildman–Crippen MR) is 68.8 cm³/mol. The molecule has 0 saturated heterocycles. The molecule has 1 unspecified atom stereocenters. The molecule has 0 radical (unpaired) electrons. The normalized spacial score (nSPS) is 16.1. The zero-order valence-corrected chi connectivity index (χ0v) is 9.96. The third-order valence-corrected chi connectivity index (χ3v) is 4.09. The van der Waals surface area contributed by atoms with E-state index >= 15 is 0 Å². The van der Waals surface area contributed by atoms with E-state index in [1.807, 2.05) is 0 Å². The maximum absolute atomic E-state index is 6.26. The summed E-state index contributed by atoms with van der Waals surface area (Å²) in [7, 11) is 0. The molecule has 1 aliphatic rings. The zero-order chi connectivity index (χ0) is 11.0. The third kappa shape index (κ3) is 1.68. The van der Waals surface area contributed by atoms with Crippen LogP contribution in [0.4, 0.5) is 0 Å². The second-order valence-corrected chi connectivity index (χ2v) is 5.20. The maximum Gasteiger partial charge on any atom is 0.0559 e. The second kappa shape index (κ2) is 4.04. The largest absolute Gasteiger partial charge is 0.320 e. The molecule has 2 heteroatoms. The molecule has 82 valence electrons. The number of nitrogens with two attached hydrogens (primary N) is 1. The summed E-state index contributed by atoms with van der Waals surface area (Å²) in [4.78, 5) is 0. The molecule has 0 amide bonds. The first kappa shape index (κ1) is 10.1. The first-order valence-corrected chi connectivity index (χ1v) is 6.68. The van der Waals surface area contributed by atoms with E-state index in [2.05, 4.69) is 35.0 Å². The first-order valence-electron chi connectivity index (χ1n) is 5.74. The number of rotatable bonds is 2. The number of hydrogen-bond acceptors (Lipinski definition) is 2. The Labute approximate surface area is 99.9 Å². The van der Waals surface area contributed by atoms with Gasteiger partial charge in [-0.05, 0) is 58.3 Å². The van der Waals surface area contributed by atoms with Gasteiger partial charge >= 0.3 is 0 Å². The van der Waals surface area contributed by atoms with Gasteiger partial charge in [0, 0.05) is 0 Å². The van der Waals surface area contributed by atoms with Crippen LogP contribution in [0.25, 0.3) is 0 Å². The van der Waals surface area contributed by atoms with Crippen LogP contribution < -0.4 is 5.73 Å². The van der Waals surface area contributed by atoms with Gasteiger partial charge in [0.05, 0.1) is 6.04 Å². The lowest BCUT2D eigenvalue weighted by Gasteiger charge is -2.12. The highest BCUT2D eigenvalue weighted by Gasteiger charge is 2.14. The van der Waals surface area contributed by atoms with Gasteiger partial charge in [0.25, 0.3) is 0 Å². The molecule has 1 atom stereocenters. The molecule has 0 spiro atoms. The van der Waals surface area contributed by atoms with Gasteiger partial charge < -0.3 is 5.73 Å². The van der Waals surface area contributed by atoms with Gasteiger partial charge in [-0.3, -0.25) is 0 Å². The molecular weight excluding hydrogens is 214 g/mol. The van der Waals surface area contributed by atoms with E-state index in [0.717, 1.165) is 0 Å². The van der Waals surface area contributed by atoms with Crippen molar-refractivity contribution in [1.29, 1.82) is 0 Å². The number of aryl methyl sites for hydroxylation is 2. The Morgan fingerprint density at radius 1 is 1.06 bits per heavy atom. The standard InChI is InChI=1S/C14H15NS/c15-14(13-6-7-16-9-13)12-5-4-10-2-1-3-11(10)8-12/h4-9,14H,1-3,15H2. The highest BCUT2D eigenvalue weighted by Crippen LogP contribution is 2.27. The summed E-state index contributed by atoms with van der Waals surface area (Å²) in [5, 5.41) is 4.22. The van der Waals surface area contributed by atoms with Crippen molar-refractivity contribution < 1.29 is 0 Å². The average Bonchev–Trinajstić information content (AvgIpc) is 2.98. The van der Waals surface area contributed by atoms with Crippen LogP contribution in [0, 0.1) is 0 Å². The highest BCUT2D eigenvalue weighted by atomic mass is 32.1. The Balaban J connectivity index is 1.95. The smallest absolute Gasteiger partial charge is 0.0559 e. The molecule has 1 aromatic carbocycles. The van der Waals surface area contributed by atoms with Gasteiger partial charge in [0.15, 0.2) is 0 Å². The lowest BCUT2D eigenvalue weighted by Crippen LogP contribution is -2.11. The van der Waals surface area contributed by atoms with Gasteiger partial charge in [-0.25, -0.2) is 0 Å². The number of thiophene rings is 1. The van der Waals surface area contributed by atoms with Gasteiger partial charge in [-0.1, -0.05) is 18.2 Å². The van der Waals surface area contributed by atoms with Crippen LogP contribution in [0.5, 0.6) is 0 Å². The third-order valence-electron chi connectivity index (χ3n) is 3.38. The van der Waals surface area contributed by atoms with Crippen LogP contribution in [-0.2, 0) is 12.8 Å². The fourth-order valence-corrected chi connectivity index (χ4v) is 3.13. The topological polar surface area (TPSA) is 26.0 Å². The van der Waals surface area contributed by atoms with Crippen LogP contribution in [-0.4, -0.2) is 0 Å². The second-order valence-electron chi connectivity index (χ2n) is 4.42. The van der Waals surface area contributed by atoms with Crippen molar-refractivity contribution >= 4 is 11.3 Å². The van der Waals surface area contributed by atoms with Gasteiger partial charge in [-0.15, -0.1) is 0 Å². The molecular formula is C14H15NS. The van der Waals surface area contributed by atoms with Gasteiger partial charge in [0.2, 0.25) is 0 Å². The van der Waals surface area contributed by atoms with E-state index in [1.165, 1.54) is 41.5 Å². The molecule has 0 saturated carbocycles. The quantitative estimate of drug-likeness (QED) is 0.840. The highest BCUT2D eigenvalue weighted by molar-refractivity contribution is 7.08. The molecule has 3 rings (SSSR count). The summed E-state index contributed by atoms with van der Waals surface area (Å²) in [5.74, 6) is 0. The lowest BCUT2D eigenvalue weighted by molar-refractivity contribution is 0.872. The summed E-state index contributed by atoms with van der Waals surface area (Å²) in [6.07, 6.45) is 3.76. The molecule has 16 heavy (non-hydrogen) atoms. The van der Waals surface area contributed by atoms with Gasteiger partial charge in [-0.2, -0.15) is 11.3 Å². The van der Waals surface area contributed by atoms with Crippen LogP contribution in [0.2, 0.25) is 0 Å². The van der Waals surface area contributed by atoms with E-state index < -0.39 is 0 Å². The van der Waals surface area contributed by atoms with Gasteiger partial charge in [0.1, 0.15) is 0 Å². The van der Waals surface area contributed by atoms with Crippen LogP contribution in [0.3, 0.4) is 0 Å². The summed E-state index contributed by atoms with van der Waals surface area (Å²) in [6.45, 7) is 0. The Morgan fingerprint density at radius 2 is 1.94 bits per heavy atom. The number of fused-ring (bicyclic) bond motifs is 1. The van der Waals surface area contributed by atoms with E-state index in [4.69, 9.17) is 5.73 Å². The minimum absolute atomic E-state index is 0.0390. The molecule has 2 aromatic rings. The Kier molecular flexibility index (Phi) is 2.54. The van der Waals surface area contributed by atoms with Crippen molar-refractivity contribution in [2.24, 2.45) is 5.73 Å². The maximum atomic E-state index is 6.26. The van der Waals surface area contributed by atoms with E-state index in [1.54, 1.807) is 11.3 Å². The molecule has 0 fully saturated rings. The van der Waals surface area contributed by atoms with Crippen LogP contribution >= 0.6 is 11.3 Å². The number of benzene rings is 1. The fraction of sp³-hybridized carbons (Fsp3) is 0.286. The Bertz CT molecular complexity index is 487. The molecule has 2 N–H and O–H groups in total. The minimum Gasteiger partial charge on any atom is -0.320 e. The van der Waals surface area contributed by atoms with Crippen LogP contribution in [0.15, 0.2) is 35.0 Å². The summed E-state index contributed by atoms with van der Waals surface area (Å²) < 4.78 is 0. The molecule has 1 aromatic heterocycles. The van der Waals surface area contributed by atoms with E-state index in [-0.39, 0.29) is 6.04 Å². The predicted octanol–water partition coefficient (Wildman–Crippen LogP) is 3.28. The molecule has 0 aliphatic heterocycles. The summed E-state index contributed by atoms with van der Waals surface area (Å²) in [6, 6.07) is 8.89. The lowest BCUT2D eigenvalue weighted by atomic mass is 9.98. The Hall–Kier alpha value is -1.12. The van der Waals surface area contributed by atoms with Crippen LogP contribution in [0.1, 0.15) is 34.7 Å². The van der Waals surface area contributed by atoms with Crippen molar-refractivity contribution in [2.75, 3.05) is 0 Å². The SMILES string of the molecule is NC(c1ccsc1)c1ccc2c(c1)CCC2. The fourth-order valence-electron chi connectivity index (χ4n) is 2.43. The van der Waals surface area contributed by atoms with Crippen molar-refractivity contribution in [2.45, 2.75) is 25.3 Å². The average molecular weight is 229 g/mol. The van der Waals surface area contributed by atoms with Crippen molar-refractivity contribution in [3.63, 3.8) is 0 Å². The summed E-state index contributed by atoms with van der Waals surface area (Å²) in [5.41, 5.74) is 11.8.